The molecule has 0 radical (unpaired) electrons. The molecule has 27 heavy (non-hydrogen) atoms. The van der Waals surface area contributed by atoms with E-state index < -0.39 is 6.16 Å². The number of unbranched alkanes of at least 4 members (excludes halogenated alkanes) is 7. The topological polar surface area (TPSA) is 46.5 Å². The third kappa shape index (κ3) is 8.53. The van der Waals surface area contributed by atoms with Gasteiger partial charge in [-0.15, -0.1) is 11.8 Å². The minimum Gasteiger partial charge on any atom is -0.449 e. The number of carboxylic acid groups (broad SMARTS) is 1. The zero-order valence-corrected chi connectivity index (χ0v) is 17.0. The molecule has 0 aliphatic heterocycles. The van der Waals surface area contributed by atoms with E-state index in [2.05, 4.69) is 35.9 Å². The van der Waals surface area contributed by atoms with Crippen LogP contribution in [0.15, 0.2) is 53.4 Å². The van der Waals surface area contributed by atoms with Crippen molar-refractivity contribution in [3.63, 3.8) is 0 Å². The van der Waals surface area contributed by atoms with Crippen LogP contribution in [-0.4, -0.2) is 17.0 Å². The Labute approximate surface area is 167 Å². The maximum absolute atomic E-state index is 10.5. The van der Waals surface area contributed by atoms with Crippen LogP contribution in [0.4, 0.5) is 4.79 Å². The minimum absolute atomic E-state index is 0.337. The summed E-state index contributed by atoms with van der Waals surface area (Å²) in [6, 6.07) is 15.6. The van der Waals surface area contributed by atoms with Crippen LogP contribution in [-0.2, 0) is 0 Å². The normalized spacial score (nSPS) is 10.7. The highest BCUT2D eigenvalue weighted by molar-refractivity contribution is 7.99. The van der Waals surface area contributed by atoms with E-state index in [1.54, 1.807) is 12.1 Å². The smallest absolute Gasteiger partial charge is 0.449 e. The molecule has 0 aromatic heterocycles. The molecule has 0 bridgehead atoms. The number of hydrogen-bond donors (Lipinski definition) is 1. The van der Waals surface area contributed by atoms with Crippen molar-refractivity contribution in [3.8, 4) is 16.9 Å². The molecule has 146 valence electrons. The highest BCUT2D eigenvalue weighted by atomic mass is 32.2. The Morgan fingerprint density at radius 2 is 1.33 bits per heavy atom. The summed E-state index contributed by atoms with van der Waals surface area (Å²) >= 11 is 1.92. The zero-order chi connectivity index (χ0) is 19.3. The predicted molar refractivity (Wildman–Crippen MR) is 114 cm³/mol. The fourth-order valence-electron chi connectivity index (χ4n) is 2.99. The van der Waals surface area contributed by atoms with Gasteiger partial charge < -0.3 is 9.84 Å². The molecule has 0 atom stereocenters. The molecular formula is C23H30O3S. The van der Waals surface area contributed by atoms with Gasteiger partial charge in [0.1, 0.15) is 5.75 Å². The Hall–Kier alpha value is -1.94. The molecule has 0 heterocycles. The van der Waals surface area contributed by atoms with Crippen molar-refractivity contribution < 1.29 is 14.6 Å². The first-order valence-corrected chi connectivity index (χ1v) is 10.9. The second-order valence-electron chi connectivity index (χ2n) is 6.74. The first kappa shape index (κ1) is 21.4. The summed E-state index contributed by atoms with van der Waals surface area (Å²) in [6.45, 7) is 2.26. The van der Waals surface area contributed by atoms with E-state index in [4.69, 9.17) is 5.11 Å². The Morgan fingerprint density at radius 3 is 1.89 bits per heavy atom. The van der Waals surface area contributed by atoms with Gasteiger partial charge in [-0.3, -0.25) is 0 Å². The van der Waals surface area contributed by atoms with E-state index in [0.717, 1.165) is 11.1 Å². The fraction of sp³-hybridized carbons (Fsp3) is 0.435. The maximum Gasteiger partial charge on any atom is 0.511 e. The zero-order valence-electron chi connectivity index (χ0n) is 16.2. The highest BCUT2D eigenvalue weighted by Gasteiger charge is 2.03. The summed E-state index contributed by atoms with van der Waals surface area (Å²) in [7, 11) is 0. The van der Waals surface area contributed by atoms with Gasteiger partial charge in [0.2, 0.25) is 0 Å². The molecule has 3 nitrogen and oxygen atoms in total. The summed E-state index contributed by atoms with van der Waals surface area (Å²) in [5.41, 5.74) is 2.17. The lowest BCUT2D eigenvalue weighted by molar-refractivity contribution is 0.144. The number of ether oxygens (including phenoxy) is 1. The Morgan fingerprint density at radius 1 is 0.815 bits per heavy atom. The molecule has 2 rings (SSSR count). The first-order valence-electron chi connectivity index (χ1n) is 9.93. The Kier molecular flexibility index (Phi) is 9.85. The fourth-order valence-corrected chi connectivity index (χ4v) is 3.90. The lowest BCUT2D eigenvalue weighted by atomic mass is 10.1. The lowest BCUT2D eigenvalue weighted by Gasteiger charge is -2.06. The van der Waals surface area contributed by atoms with Crippen LogP contribution in [0.25, 0.3) is 11.1 Å². The second kappa shape index (κ2) is 12.4. The van der Waals surface area contributed by atoms with Crippen molar-refractivity contribution in [2.24, 2.45) is 0 Å². The predicted octanol–water partition coefficient (Wildman–Crippen LogP) is 7.64. The lowest BCUT2D eigenvalue weighted by Crippen LogP contribution is -2.02. The number of benzene rings is 2. The molecule has 0 aliphatic carbocycles. The van der Waals surface area contributed by atoms with Crippen molar-refractivity contribution in [1.82, 2.24) is 0 Å². The van der Waals surface area contributed by atoms with Gasteiger partial charge in [0.15, 0.2) is 0 Å². The van der Waals surface area contributed by atoms with Gasteiger partial charge >= 0.3 is 6.16 Å². The van der Waals surface area contributed by atoms with E-state index in [-0.39, 0.29) is 0 Å². The van der Waals surface area contributed by atoms with Crippen molar-refractivity contribution >= 4 is 17.9 Å². The molecule has 0 unspecified atom stereocenters. The van der Waals surface area contributed by atoms with E-state index in [9.17, 15) is 4.79 Å². The molecule has 0 spiro atoms. The van der Waals surface area contributed by atoms with Crippen LogP contribution >= 0.6 is 11.8 Å². The Balaban J connectivity index is 1.68. The largest absolute Gasteiger partial charge is 0.511 e. The maximum atomic E-state index is 10.5. The summed E-state index contributed by atoms with van der Waals surface area (Å²) in [5.74, 6) is 1.51. The van der Waals surface area contributed by atoms with Gasteiger partial charge in [-0.2, -0.15) is 0 Å². The summed E-state index contributed by atoms with van der Waals surface area (Å²) in [4.78, 5) is 11.8. The SMILES string of the molecule is CCCCCCCCCCSc1ccc(-c2ccc(OC(=O)O)cc2)cc1. The third-order valence-electron chi connectivity index (χ3n) is 4.51. The molecule has 0 saturated carbocycles. The molecule has 0 amide bonds. The molecule has 4 heteroatoms. The average Bonchev–Trinajstić information content (AvgIpc) is 2.67. The van der Waals surface area contributed by atoms with Gasteiger partial charge in [-0.05, 0) is 47.6 Å². The molecule has 2 aromatic rings. The van der Waals surface area contributed by atoms with E-state index in [1.165, 1.54) is 62.0 Å². The van der Waals surface area contributed by atoms with Crippen LogP contribution in [0.2, 0.25) is 0 Å². The van der Waals surface area contributed by atoms with Crippen LogP contribution in [0.5, 0.6) is 5.75 Å². The second-order valence-corrected chi connectivity index (χ2v) is 7.91. The van der Waals surface area contributed by atoms with Gasteiger partial charge in [-0.1, -0.05) is 76.1 Å². The average molecular weight is 387 g/mol. The summed E-state index contributed by atoms with van der Waals surface area (Å²) in [5, 5.41) is 8.62. The molecule has 0 aliphatic rings. The van der Waals surface area contributed by atoms with E-state index in [1.807, 2.05) is 23.9 Å². The summed E-state index contributed by atoms with van der Waals surface area (Å²) in [6.07, 6.45) is 9.57. The molecule has 2 aromatic carbocycles. The minimum atomic E-state index is -1.29. The number of thioether (sulfide) groups is 1. The quantitative estimate of drug-likeness (QED) is 0.176. The van der Waals surface area contributed by atoms with Gasteiger partial charge in [0, 0.05) is 4.90 Å². The van der Waals surface area contributed by atoms with Crippen LogP contribution < -0.4 is 4.74 Å². The molecule has 0 saturated heterocycles. The third-order valence-corrected chi connectivity index (χ3v) is 5.61. The standard InChI is InChI=1S/C23H30O3S/c1-2-3-4-5-6-7-8-9-18-27-22-16-12-20(13-17-22)19-10-14-21(15-11-19)26-23(24)25/h10-17H,2-9,18H2,1H3,(H,24,25). The number of hydrogen-bond acceptors (Lipinski definition) is 3. The molecule has 1 N–H and O–H groups in total. The van der Waals surface area contributed by atoms with Gasteiger partial charge in [0.25, 0.3) is 0 Å². The van der Waals surface area contributed by atoms with E-state index in [0.29, 0.717) is 5.75 Å². The van der Waals surface area contributed by atoms with Gasteiger partial charge in [0.05, 0.1) is 0 Å². The Bertz CT molecular complexity index is 665. The van der Waals surface area contributed by atoms with Crippen molar-refractivity contribution in [2.75, 3.05) is 5.75 Å². The van der Waals surface area contributed by atoms with Crippen molar-refractivity contribution in [3.05, 3.63) is 48.5 Å². The van der Waals surface area contributed by atoms with Gasteiger partial charge in [-0.25, -0.2) is 4.79 Å². The van der Waals surface area contributed by atoms with E-state index >= 15 is 0 Å². The van der Waals surface area contributed by atoms with Crippen LogP contribution in [0.1, 0.15) is 58.3 Å². The summed E-state index contributed by atoms with van der Waals surface area (Å²) < 4.78 is 4.63. The molecular weight excluding hydrogens is 356 g/mol. The number of carbonyl (C=O) groups is 1. The monoisotopic (exact) mass is 386 g/mol. The first-order chi connectivity index (χ1) is 13.2. The van der Waals surface area contributed by atoms with Crippen molar-refractivity contribution in [1.29, 1.82) is 0 Å². The van der Waals surface area contributed by atoms with Crippen LogP contribution in [0.3, 0.4) is 0 Å². The molecule has 0 fully saturated rings. The van der Waals surface area contributed by atoms with Crippen LogP contribution in [0, 0.1) is 0 Å². The van der Waals surface area contributed by atoms with Crippen molar-refractivity contribution in [2.45, 2.75) is 63.2 Å². The highest BCUT2D eigenvalue weighted by Crippen LogP contribution is 2.26. The number of rotatable bonds is 12.